The van der Waals surface area contributed by atoms with Crippen LogP contribution in [0.1, 0.15) is 83.3 Å². The number of nitrogens with one attached hydrogen (secondary N) is 2. The largest absolute Gasteiger partial charge is 0.451 e. The van der Waals surface area contributed by atoms with E-state index in [2.05, 4.69) is 51.8 Å². The molecule has 1 heterocycles. The Hall–Kier alpha value is -2.34. The zero-order chi connectivity index (χ0) is 22.3. The first kappa shape index (κ1) is 22.3. The van der Waals surface area contributed by atoms with E-state index in [1.165, 1.54) is 0 Å². The molecule has 4 N–H and O–H groups in total. The summed E-state index contributed by atoms with van der Waals surface area (Å²) in [7, 11) is 0. The van der Waals surface area contributed by atoms with Crippen LogP contribution >= 0.6 is 0 Å². The molecule has 1 saturated carbocycles. The lowest BCUT2D eigenvalue weighted by Crippen LogP contribution is -2.63. The first-order valence-corrected chi connectivity index (χ1v) is 10.8. The van der Waals surface area contributed by atoms with Crippen LogP contribution in [0.5, 0.6) is 0 Å². The third-order valence-corrected chi connectivity index (χ3v) is 5.89. The molecule has 1 fully saturated rings. The Labute approximate surface area is 179 Å². The van der Waals surface area contributed by atoms with Crippen LogP contribution in [0.15, 0.2) is 28.7 Å². The molecule has 0 spiro atoms. The lowest BCUT2D eigenvalue weighted by atomic mass is 9.84. The fraction of sp³-hybridized carbons (Fsp3) is 0.583. The van der Waals surface area contributed by atoms with Gasteiger partial charge in [0.15, 0.2) is 5.76 Å². The van der Waals surface area contributed by atoms with Crippen LogP contribution in [0.3, 0.4) is 0 Å². The van der Waals surface area contributed by atoms with Crippen molar-refractivity contribution in [1.29, 1.82) is 5.41 Å². The molecule has 6 nitrogen and oxygen atoms in total. The van der Waals surface area contributed by atoms with Gasteiger partial charge in [0.1, 0.15) is 28.5 Å². The number of nitrogen functional groups attached to an aromatic ring is 1. The van der Waals surface area contributed by atoms with E-state index in [1.807, 2.05) is 0 Å². The number of nitrogens with zero attached hydrogens (tertiary/aromatic N) is 1. The van der Waals surface area contributed by atoms with Crippen molar-refractivity contribution in [3.8, 4) is 0 Å². The summed E-state index contributed by atoms with van der Waals surface area (Å²) in [6.07, 6.45) is 4.07. The third-order valence-electron chi connectivity index (χ3n) is 5.89. The van der Waals surface area contributed by atoms with E-state index in [9.17, 15) is 4.79 Å². The number of hydrogen-bond donors (Lipinski definition) is 3. The Bertz CT molecular complexity index is 911. The van der Waals surface area contributed by atoms with E-state index in [-0.39, 0.29) is 28.9 Å². The Kier molecular flexibility index (Phi) is 6.01. The van der Waals surface area contributed by atoms with Gasteiger partial charge in [-0.05, 0) is 78.6 Å². The van der Waals surface area contributed by atoms with E-state index >= 15 is 0 Å². The number of amides is 1. The Morgan fingerprint density at radius 2 is 1.67 bits per heavy atom. The highest BCUT2D eigenvalue weighted by Gasteiger charge is 2.48. The molecule has 0 atom stereocenters. The predicted molar refractivity (Wildman–Crippen MR) is 122 cm³/mol. The van der Waals surface area contributed by atoms with Crippen molar-refractivity contribution in [3.05, 3.63) is 35.6 Å². The lowest BCUT2D eigenvalue weighted by molar-refractivity contribution is 0.0690. The van der Waals surface area contributed by atoms with E-state index in [4.69, 9.17) is 15.6 Å². The first-order valence-electron chi connectivity index (χ1n) is 10.8. The average Bonchev–Trinajstić information content (AvgIpc) is 3.04. The van der Waals surface area contributed by atoms with Gasteiger partial charge in [0.05, 0.1) is 0 Å². The molecule has 1 radical (unpaired) electrons. The number of carbonyl (C=O) groups is 1. The summed E-state index contributed by atoms with van der Waals surface area (Å²) in [5.41, 5.74) is 7.00. The summed E-state index contributed by atoms with van der Waals surface area (Å²) in [6, 6.07) is 7.67. The van der Waals surface area contributed by atoms with Crippen molar-refractivity contribution in [1.82, 2.24) is 10.2 Å². The molecular weight excluding hydrogens is 376 g/mol. The molecule has 1 aromatic carbocycles. The highest BCUT2D eigenvalue weighted by molar-refractivity contribution is 6.00. The van der Waals surface area contributed by atoms with Crippen molar-refractivity contribution in [2.24, 2.45) is 5.73 Å². The van der Waals surface area contributed by atoms with Gasteiger partial charge in [-0.15, -0.1) is 0 Å². The van der Waals surface area contributed by atoms with Gasteiger partial charge in [0.2, 0.25) is 0 Å². The summed E-state index contributed by atoms with van der Waals surface area (Å²) in [4.78, 5) is 15.4. The number of benzene rings is 1. The molecule has 1 aliphatic rings. The van der Waals surface area contributed by atoms with Crippen LogP contribution in [0.2, 0.25) is 0 Å². The van der Waals surface area contributed by atoms with Gasteiger partial charge in [-0.1, -0.05) is 0 Å². The molecule has 30 heavy (non-hydrogen) atoms. The molecule has 2 aromatic rings. The molecular formula is C24H36N4O2+. The molecule has 6 heteroatoms. The van der Waals surface area contributed by atoms with Gasteiger partial charge < -0.3 is 15.5 Å². The Morgan fingerprint density at radius 3 is 2.20 bits per heavy atom. The third kappa shape index (κ3) is 4.86. The topological polar surface area (TPSA) is 98.0 Å². The van der Waals surface area contributed by atoms with Gasteiger partial charge in [0.25, 0.3) is 5.91 Å². The van der Waals surface area contributed by atoms with Crippen LogP contribution in [0, 0.1) is 5.41 Å². The van der Waals surface area contributed by atoms with Crippen LogP contribution in [0.25, 0.3) is 11.0 Å². The fourth-order valence-electron chi connectivity index (χ4n) is 5.16. The molecule has 0 bridgehead atoms. The number of carbonyl (C=O) groups excluding carboxylic acids is 1. The SMILES string of the molecule is CC(C)(C)[N+]([C@H]1CC[C@@H](NC(=O)c2cc3cc(C(=N)N)ccc3o2)CC1)C(C)(C)C. The van der Waals surface area contributed by atoms with E-state index < -0.39 is 0 Å². The molecule has 3 rings (SSSR count). The van der Waals surface area contributed by atoms with Crippen LogP contribution in [0.4, 0.5) is 0 Å². The summed E-state index contributed by atoms with van der Waals surface area (Å²) in [5, 5.41) is 11.5. The normalized spacial score (nSPS) is 20.5. The fourth-order valence-corrected chi connectivity index (χ4v) is 5.16. The zero-order valence-corrected chi connectivity index (χ0v) is 19.1. The second-order valence-electron chi connectivity index (χ2n) is 10.5. The summed E-state index contributed by atoms with van der Waals surface area (Å²) >= 11 is 0. The summed E-state index contributed by atoms with van der Waals surface area (Å²) in [6.45, 7) is 13.7. The first-order chi connectivity index (χ1) is 13.9. The van der Waals surface area contributed by atoms with Crippen molar-refractivity contribution in [3.63, 3.8) is 0 Å². The van der Waals surface area contributed by atoms with Crippen molar-refractivity contribution in [2.45, 2.75) is 90.4 Å². The molecule has 1 aromatic heterocycles. The smallest absolute Gasteiger partial charge is 0.287 e. The number of nitrogens with two attached hydrogens (primary N) is 1. The number of rotatable bonds is 4. The zero-order valence-electron chi connectivity index (χ0n) is 19.1. The second-order valence-corrected chi connectivity index (χ2v) is 10.5. The van der Waals surface area contributed by atoms with Gasteiger partial charge in [-0.2, -0.15) is 4.90 Å². The Morgan fingerprint density at radius 1 is 1.07 bits per heavy atom. The van der Waals surface area contributed by atoms with Crippen molar-refractivity contribution >= 4 is 22.7 Å². The van der Waals surface area contributed by atoms with Crippen LogP contribution < -0.4 is 16.0 Å². The summed E-state index contributed by atoms with van der Waals surface area (Å²) < 4.78 is 5.72. The highest BCUT2D eigenvalue weighted by Crippen LogP contribution is 2.32. The minimum absolute atomic E-state index is 0.000388. The standard InChI is InChI=1S/C24H36N4O2/c1-23(2,3)28(24(4,5)6)18-10-8-17(9-11-18)27-22(29)20-14-16-13-15(21(25)26)7-12-19(16)30-20/h7,12-14,17-18H,8-11H2,1-6H3,(H3,25,26)(H,27,29)/q+1/t17-,18+. The van der Waals surface area contributed by atoms with Crippen LogP contribution in [-0.2, 0) is 0 Å². The van der Waals surface area contributed by atoms with Gasteiger partial charge in [-0.3, -0.25) is 10.2 Å². The minimum atomic E-state index is -0.178. The highest BCUT2D eigenvalue weighted by atomic mass is 16.3. The maximum absolute atomic E-state index is 12.8. The number of furan rings is 1. The van der Waals surface area contributed by atoms with Crippen molar-refractivity contribution < 1.29 is 9.21 Å². The molecule has 1 aliphatic carbocycles. The van der Waals surface area contributed by atoms with E-state index in [0.717, 1.165) is 31.1 Å². The van der Waals surface area contributed by atoms with E-state index in [1.54, 1.807) is 24.3 Å². The second kappa shape index (κ2) is 8.06. The number of hydrogen-bond acceptors (Lipinski definition) is 4. The monoisotopic (exact) mass is 412 g/mol. The molecule has 1 amide bonds. The molecule has 0 aliphatic heterocycles. The number of amidine groups is 1. The quantitative estimate of drug-likeness (QED) is 0.392. The van der Waals surface area contributed by atoms with Crippen molar-refractivity contribution in [2.75, 3.05) is 0 Å². The minimum Gasteiger partial charge on any atom is -0.451 e. The lowest BCUT2D eigenvalue weighted by Gasteiger charge is -2.42. The maximum atomic E-state index is 12.8. The molecule has 0 saturated heterocycles. The molecule has 0 unspecified atom stereocenters. The van der Waals surface area contributed by atoms with Gasteiger partial charge in [-0.25, -0.2) is 0 Å². The summed E-state index contributed by atoms with van der Waals surface area (Å²) in [5.74, 6) is 0.127. The van der Waals surface area contributed by atoms with E-state index in [0.29, 0.717) is 22.9 Å². The van der Waals surface area contributed by atoms with Crippen LogP contribution in [-0.4, -0.2) is 34.9 Å². The average molecular weight is 413 g/mol. The maximum Gasteiger partial charge on any atom is 0.287 e. The molecule has 163 valence electrons. The van der Waals surface area contributed by atoms with Gasteiger partial charge >= 0.3 is 0 Å². The number of fused-ring (bicyclic) bond motifs is 1. The predicted octanol–water partition coefficient (Wildman–Crippen LogP) is 4.49. The van der Waals surface area contributed by atoms with Gasteiger partial charge in [0, 0.05) is 29.8 Å². The Balaban J connectivity index is 1.64.